The largest absolute Gasteiger partial charge is 0.716 e. The van der Waals surface area contributed by atoms with Crippen molar-refractivity contribution < 1.29 is 13.7 Å². The normalized spacial score (nSPS) is 11.7. The van der Waals surface area contributed by atoms with Gasteiger partial charge in [0, 0.05) is 17.7 Å². The van der Waals surface area contributed by atoms with Crippen LogP contribution >= 0.6 is 8.25 Å². The summed E-state index contributed by atoms with van der Waals surface area (Å²) in [5.74, 6) is 0. The van der Waals surface area contributed by atoms with E-state index in [0.29, 0.717) is 19.7 Å². The highest BCUT2D eigenvalue weighted by Gasteiger charge is 2.19. The van der Waals surface area contributed by atoms with Crippen LogP contribution in [0.4, 0.5) is 0 Å². The maximum atomic E-state index is 10.9. The molecule has 0 amide bonds. The van der Waals surface area contributed by atoms with Crippen molar-refractivity contribution >= 4 is 8.25 Å². The Hall–Kier alpha value is -0.0600. The Labute approximate surface area is 79.9 Å². The number of unbranched alkanes of at least 4 members (excludes halogenated alkanes) is 2. The lowest BCUT2D eigenvalue weighted by Crippen LogP contribution is -2.20. The molecule has 0 aliphatic carbocycles. The molecule has 0 aromatic rings. The molecule has 0 aliphatic heterocycles. The van der Waals surface area contributed by atoms with Gasteiger partial charge in [0.25, 0.3) is 0 Å². The molecule has 1 unspecified atom stereocenters. The molecule has 13 heavy (non-hydrogen) atoms. The molecule has 78 valence electrons. The van der Waals surface area contributed by atoms with Crippen molar-refractivity contribution in [3.05, 3.63) is 0 Å². The minimum atomic E-state index is -2.03. The average Bonchev–Trinajstić information content (AvgIpc) is 2.13. The fourth-order valence-electron chi connectivity index (χ4n) is 0.675. The number of hydrogen-bond donors (Lipinski definition) is 2. The zero-order chi connectivity index (χ0) is 9.94. The predicted molar refractivity (Wildman–Crippen MR) is 51.2 cm³/mol. The van der Waals surface area contributed by atoms with Crippen molar-refractivity contribution in [2.24, 2.45) is 5.73 Å². The standard InChI is InChI=1S/C7H18N2O3P/c1-2-3-4-7-11-13(10)12-9-6-5-8/h9H,2-8H2,1H3/q+1. The van der Waals surface area contributed by atoms with E-state index in [1.54, 1.807) is 0 Å². The molecule has 0 heterocycles. The van der Waals surface area contributed by atoms with Gasteiger partial charge < -0.3 is 5.73 Å². The van der Waals surface area contributed by atoms with Crippen LogP contribution in [0.25, 0.3) is 0 Å². The van der Waals surface area contributed by atoms with E-state index in [0.717, 1.165) is 19.3 Å². The zero-order valence-electron chi connectivity index (χ0n) is 7.99. The maximum absolute atomic E-state index is 10.9. The molecule has 0 fully saturated rings. The molecule has 0 saturated carbocycles. The number of nitrogens with two attached hydrogens (primary N) is 1. The van der Waals surface area contributed by atoms with Crippen molar-refractivity contribution in [3.8, 4) is 0 Å². The van der Waals surface area contributed by atoms with Crippen LogP contribution in [-0.2, 0) is 13.7 Å². The first-order valence-corrected chi connectivity index (χ1v) is 5.60. The van der Waals surface area contributed by atoms with E-state index < -0.39 is 8.25 Å². The molecule has 0 aliphatic rings. The van der Waals surface area contributed by atoms with Crippen LogP contribution in [0.3, 0.4) is 0 Å². The van der Waals surface area contributed by atoms with Gasteiger partial charge in [-0.15, -0.1) is 10.0 Å². The predicted octanol–water partition coefficient (Wildman–Crippen LogP) is 1.33. The molecule has 0 spiro atoms. The van der Waals surface area contributed by atoms with Crippen LogP contribution in [0.1, 0.15) is 26.2 Å². The molecule has 1 atom stereocenters. The Balaban J connectivity index is 3.11. The van der Waals surface area contributed by atoms with Crippen molar-refractivity contribution in [1.29, 1.82) is 0 Å². The van der Waals surface area contributed by atoms with Crippen LogP contribution in [0.2, 0.25) is 0 Å². The molecular weight excluding hydrogens is 191 g/mol. The lowest BCUT2D eigenvalue weighted by Gasteiger charge is -1.92. The van der Waals surface area contributed by atoms with E-state index in [1.165, 1.54) is 0 Å². The van der Waals surface area contributed by atoms with Crippen molar-refractivity contribution in [1.82, 2.24) is 5.48 Å². The second-order valence-electron chi connectivity index (χ2n) is 2.54. The van der Waals surface area contributed by atoms with Gasteiger partial charge >= 0.3 is 8.25 Å². The van der Waals surface area contributed by atoms with Gasteiger partial charge in [-0.2, -0.15) is 0 Å². The zero-order valence-corrected chi connectivity index (χ0v) is 8.89. The Kier molecular flexibility index (Phi) is 9.98. The van der Waals surface area contributed by atoms with E-state index in [2.05, 4.69) is 17.0 Å². The van der Waals surface area contributed by atoms with Crippen LogP contribution in [-0.4, -0.2) is 19.7 Å². The van der Waals surface area contributed by atoms with Gasteiger partial charge in [0.15, 0.2) is 0 Å². The number of hydroxylamine groups is 1. The van der Waals surface area contributed by atoms with Gasteiger partial charge in [0.05, 0.1) is 0 Å². The third-order valence-electron chi connectivity index (χ3n) is 1.33. The number of nitrogens with one attached hydrogen (secondary N) is 1. The quantitative estimate of drug-likeness (QED) is 0.340. The fourth-order valence-corrected chi connectivity index (χ4v) is 1.20. The molecule has 3 N–H and O–H groups in total. The summed E-state index contributed by atoms with van der Waals surface area (Å²) in [6.45, 7) is 3.49. The first-order chi connectivity index (χ1) is 6.31. The smallest absolute Gasteiger partial charge is 0.329 e. The second-order valence-corrected chi connectivity index (χ2v) is 3.43. The molecule has 6 heteroatoms. The van der Waals surface area contributed by atoms with Crippen molar-refractivity contribution in [2.45, 2.75) is 26.2 Å². The maximum Gasteiger partial charge on any atom is 0.716 e. The Morgan fingerprint density at radius 3 is 2.85 bits per heavy atom. The van der Waals surface area contributed by atoms with E-state index in [-0.39, 0.29) is 0 Å². The minimum Gasteiger partial charge on any atom is -0.329 e. The molecule has 5 nitrogen and oxygen atoms in total. The SMILES string of the molecule is CCCCCO[P+](=O)ONCCN. The van der Waals surface area contributed by atoms with E-state index >= 15 is 0 Å². The lowest BCUT2D eigenvalue weighted by atomic mass is 10.3. The second kappa shape index (κ2) is 10.0. The van der Waals surface area contributed by atoms with E-state index in [1.807, 2.05) is 0 Å². The van der Waals surface area contributed by atoms with E-state index in [4.69, 9.17) is 10.3 Å². The summed E-state index contributed by atoms with van der Waals surface area (Å²) < 4.78 is 20.4. The number of hydrogen-bond acceptors (Lipinski definition) is 5. The van der Waals surface area contributed by atoms with Crippen LogP contribution in [0.15, 0.2) is 0 Å². The van der Waals surface area contributed by atoms with E-state index in [9.17, 15) is 4.57 Å². The van der Waals surface area contributed by atoms with Gasteiger partial charge in [0.1, 0.15) is 6.61 Å². The summed E-state index contributed by atoms with van der Waals surface area (Å²) in [6, 6.07) is 0. The summed E-state index contributed by atoms with van der Waals surface area (Å²) in [5.41, 5.74) is 7.62. The molecule has 0 saturated heterocycles. The molecule has 0 bridgehead atoms. The summed E-state index contributed by atoms with van der Waals surface area (Å²) in [5, 5.41) is 0. The number of rotatable bonds is 9. The Morgan fingerprint density at radius 2 is 2.23 bits per heavy atom. The van der Waals surface area contributed by atoms with Crippen molar-refractivity contribution in [3.63, 3.8) is 0 Å². The fraction of sp³-hybridized carbons (Fsp3) is 1.00. The van der Waals surface area contributed by atoms with Gasteiger partial charge in [0.2, 0.25) is 0 Å². The summed E-state index contributed by atoms with van der Waals surface area (Å²) in [6.07, 6.45) is 3.11. The summed E-state index contributed by atoms with van der Waals surface area (Å²) in [7, 11) is -2.03. The van der Waals surface area contributed by atoms with Crippen LogP contribution < -0.4 is 11.2 Å². The Morgan fingerprint density at radius 1 is 1.46 bits per heavy atom. The molecule has 0 aromatic carbocycles. The third-order valence-corrected chi connectivity index (χ3v) is 2.00. The summed E-state index contributed by atoms with van der Waals surface area (Å²) in [4.78, 5) is 0. The average molecular weight is 209 g/mol. The van der Waals surface area contributed by atoms with Gasteiger partial charge in [-0.25, -0.2) is 0 Å². The minimum absolute atomic E-state index is 0.443. The van der Waals surface area contributed by atoms with Gasteiger partial charge in [-0.05, 0) is 11.0 Å². The monoisotopic (exact) mass is 209 g/mol. The van der Waals surface area contributed by atoms with Crippen LogP contribution in [0, 0.1) is 0 Å². The third kappa shape index (κ3) is 9.86. The first kappa shape index (κ1) is 12.9. The van der Waals surface area contributed by atoms with Gasteiger partial charge in [-0.1, -0.05) is 19.8 Å². The molecule has 0 radical (unpaired) electrons. The highest BCUT2D eigenvalue weighted by Crippen LogP contribution is 2.21. The first-order valence-electron chi connectivity index (χ1n) is 4.51. The van der Waals surface area contributed by atoms with Gasteiger partial charge in [-0.3, -0.25) is 0 Å². The molecule has 0 aromatic heterocycles. The van der Waals surface area contributed by atoms with Crippen molar-refractivity contribution in [2.75, 3.05) is 19.7 Å². The summed E-state index contributed by atoms with van der Waals surface area (Å²) >= 11 is 0. The highest BCUT2D eigenvalue weighted by molar-refractivity contribution is 7.33. The lowest BCUT2D eigenvalue weighted by molar-refractivity contribution is 0.157. The highest BCUT2D eigenvalue weighted by atomic mass is 31.1. The Bertz CT molecular complexity index is 135. The van der Waals surface area contributed by atoms with Crippen LogP contribution in [0.5, 0.6) is 0 Å². The molecule has 0 rings (SSSR count). The topological polar surface area (TPSA) is 73.6 Å². The molecular formula is C7H18N2O3P+.